The first-order valence-electron chi connectivity index (χ1n) is 28.8. The predicted octanol–water partition coefficient (Wildman–Crippen LogP) is 22.3. The SMILES string of the molecule is CCCCCCCCC1c2cc(-c3ccc(N(c4ccc(C(C)CC)cc4)c4ccc(N(c5ccc(C(C)CC)cc5)c5ccc(C(C)(CC)CC)cc5)cc4)cc3)ccc2-c2ccc(C(C)(CC)CC)cc21. The van der Waals surface area contributed by atoms with E-state index in [9.17, 15) is 0 Å². The Labute approximate surface area is 443 Å². The Bertz CT molecular complexity index is 2820. The molecule has 0 spiro atoms. The third-order valence-corrected chi connectivity index (χ3v) is 18.1. The largest absolute Gasteiger partial charge is 0.311 e. The van der Waals surface area contributed by atoms with Crippen molar-refractivity contribution in [1.29, 1.82) is 0 Å². The lowest BCUT2D eigenvalue weighted by atomic mass is 9.76. The van der Waals surface area contributed by atoms with Gasteiger partial charge in [0.1, 0.15) is 0 Å². The number of hydrogen-bond donors (Lipinski definition) is 0. The summed E-state index contributed by atoms with van der Waals surface area (Å²) < 4.78 is 0. The maximum absolute atomic E-state index is 2.60. The molecule has 0 fully saturated rings. The van der Waals surface area contributed by atoms with E-state index in [1.54, 1.807) is 5.56 Å². The molecule has 73 heavy (non-hydrogen) atoms. The average Bonchev–Trinajstić information content (AvgIpc) is 3.76. The van der Waals surface area contributed by atoms with Crippen molar-refractivity contribution in [1.82, 2.24) is 0 Å². The highest BCUT2D eigenvalue weighted by Gasteiger charge is 2.32. The highest BCUT2D eigenvalue weighted by molar-refractivity contribution is 5.85. The zero-order chi connectivity index (χ0) is 51.7. The molecule has 7 aromatic carbocycles. The van der Waals surface area contributed by atoms with Gasteiger partial charge < -0.3 is 9.80 Å². The first-order valence-corrected chi connectivity index (χ1v) is 28.8. The summed E-state index contributed by atoms with van der Waals surface area (Å²) in [5.74, 6) is 1.47. The first-order chi connectivity index (χ1) is 35.4. The number of unbranched alkanes of at least 4 members (excludes halogenated alkanes) is 5. The Morgan fingerprint density at radius 3 is 1.19 bits per heavy atom. The van der Waals surface area contributed by atoms with Crippen LogP contribution in [0, 0.1) is 0 Å². The number of nitrogens with zero attached hydrogens (tertiary/aromatic N) is 2. The minimum absolute atomic E-state index is 0.164. The van der Waals surface area contributed by atoms with E-state index in [2.05, 4.69) is 244 Å². The number of anilines is 6. The van der Waals surface area contributed by atoms with Gasteiger partial charge in [0.25, 0.3) is 0 Å². The molecule has 1 aliphatic carbocycles. The summed E-state index contributed by atoms with van der Waals surface area (Å²) in [4.78, 5) is 4.85. The van der Waals surface area contributed by atoms with Gasteiger partial charge in [0.2, 0.25) is 0 Å². The van der Waals surface area contributed by atoms with Gasteiger partial charge in [0.05, 0.1) is 0 Å². The summed E-state index contributed by atoms with van der Waals surface area (Å²) >= 11 is 0. The first kappa shape index (κ1) is 53.4. The molecular formula is C71H88N2. The van der Waals surface area contributed by atoms with E-state index in [4.69, 9.17) is 0 Å². The van der Waals surface area contributed by atoms with E-state index in [1.165, 1.54) is 106 Å². The Morgan fingerprint density at radius 2 is 0.740 bits per heavy atom. The molecule has 0 radical (unpaired) electrons. The fraction of sp³-hybridized carbons (Fsp3) is 0.408. The summed E-state index contributed by atoms with van der Waals surface area (Å²) in [5, 5.41) is 0. The van der Waals surface area contributed by atoms with Crippen LogP contribution in [0.3, 0.4) is 0 Å². The van der Waals surface area contributed by atoms with Crippen LogP contribution in [0.25, 0.3) is 22.3 Å². The molecule has 0 N–H and O–H groups in total. The molecule has 0 aliphatic heterocycles. The summed E-state index contributed by atoms with van der Waals surface area (Å²) in [6, 6.07) is 61.3. The van der Waals surface area contributed by atoms with Crippen LogP contribution in [0.4, 0.5) is 34.1 Å². The van der Waals surface area contributed by atoms with E-state index in [-0.39, 0.29) is 10.8 Å². The van der Waals surface area contributed by atoms with Crippen LogP contribution in [0.15, 0.2) is 158 Å². The van der Waals surface area contributed by atoms with Gasteiger partial charge in [0, 0.05) is 40.0 Å². The summed E-state index contributed by atoms with van der Waals surface area (Å²) in [6.07, 6.45) is 15.9. The van der Waals surface area contributed by atoms with Crippen LogP contribution in [-0.4, -0.2) is 0 Å². The van der Waals surface area contributed by atoms with Gasteiger partial charge in [-0.05, 0) is 202 Å². The molecule has 0 saturated heterocycles. The zero-order valence-corrected chi connectivity index (χ0v) is 46.8. The molecule has 2 heteroatoms. The minimum atomic E-state index is 0.164. The maximum atomic E-state index is 2.60. The Balaban J connectivity index is 1.14. The minimum Gasteiger partial charge on any atom is -0.311 e. The van der Waals surface area contributed by atoms with Gasteiger partial charge in [0.15, 0.2) is 0 Å². The molecular weight excluding hydrogens is 881 g/mol. The second kappa shape index (κ2) is 24.0. The van der Waals surface area contributed by atoms with Crippen molar-refractivity contribution in [3.05, 3.63) is 191 Å². The molecule has 8 rings (SSSR count). The fourth-order valence-electron chi connectivity index (χ4n) is 11.5. The van der Waals surface area contributed by atoms with Gasteiger partial charge in [-0.25, -0.2) is 0 Å². The molecule has 2 nitrogen and oxygen atoms in total. The van der Waals surface area contributed by atoms with Crippen molar-refractivity contribution in [3.63, 3.8) is 0 Å². The van der Waals surface area contributed by atoms with Crippen molar-refractivity contribution in [2.24, 2.45) is 0 Å². The van der Waals surface area contributed by atoms with E-state index >= 15 is 0 Å². The van der Waals surface area contributed by atoms with Crippen LogP contribution in [-0.2, 0) is 10.8 Å². The van der Waals surface area contributed by atoms with E-state index in [0.29, 0.717) is 17.8 Å². The summed E-state index contributed by atoms with van der Waals surface area (Å²) in [7, 11) is 0. The van der Waals surface area contributed by atoms with E-state index < -0.39 is 0 Å². The van der Waals surface area contributed by atoms with Gasteiger partial charge in [-0.1, -0.05) is 194 Å². The fourth-order valence-corrected chi connectivity index (χ4v) is 11.5. The normalized spacial score (nSPS) is 14.2. The topological polar surface area (TPSA) is 6.48 Å². The van der Waals surface area contributed by atoms with Crippen molar-refractivity contribution in [2.75, 3.05) is 9.80 Å². The molecule has 0 amide bonds. The molecule has 382 valence electrons. The van der Waals surface area contributed by atoms with Crippen molar-refractivity contribution < 1.29 is 0 Å². The maximum Gasteiger partial charge on any atom is 0.0463 e. The van der Waals surface area contributed by atoms with Crippen molar-refractivity contribution in [2.45, 2.75) is 188 Å². The lowest BCUT2D eigenvalue weighted by Crippen LogP contribution is -2.19. The van der Waals surface area contributed by atoms with Crippen molar-refractivity contribution in [3.8, 4) is 22.3 Å². The molecule has 7 aromatic rings. The van der Waals surface area contributed by atoms with E-state index in [0.717, 1.165) is 61.3 Å². The van der Waals surface area contributed by atoms with Crippen LogP contribution >= 0.6 is 0 Å². The van der Waals surface area contributed by atoms with Crippen molar-refractivity contribution >= 4 is 34.1 Å². The number of rotatable bonds is 24. The zero-order valence-electron chi connectivity index (χ0n) is 46.8. The molecule has 1 aliphatic rings. The summed E-state index contributed by atoms with van der Waals surface area (Å²) in [5.41, 5.74) is 21.4. The second-order valence-electron chi connectivity index (χ2n) is 22.3. The van der Waals surface area contributed by atoms with E-state index in [1.807, 2.05) is 0 Å². The average molecular weight is 969 g/mol. The van der Waals surface area contributed by atoms with Gasteiger partial charge in [-0.3, -0.25) is 0 Å². The predicted molar refractivity (Wildman–Crippen MR) is 320 cm³/mol. The monoisotopic (exact) mass is 969 g/mol. The molecule has 3 unspecified atom stereocenters. The smallest absolute Gasteiger partial charge is 0.0463 e. The third kappa shape index (κ3) is 11.5. The van der Waals surface area contributed by atoms with Gasteiger partial charge >= 0.3 is 0 Å². The van der Waals surface area contributed by atoms with Crippen LogP contribution < -0.4 is 9.80 Å². The molecule has 3 atom stereocenters. The molecule has 0 saturated carbocycles. The molecule has 0 aromatic heterocycles. The number of fused-ring (bicyclic) bond motifs is 3. The molecule has 0 heterocycles. The Kier molecular flexibility index (Phi) is 17.6. The third-order valence-electron chi connectivity index (χ3n) is 18.1. The molecule has 0 bridgehead atoms. The Hall–Kier alpha value is -5.86. The lowest BCUT2D eigenvalue weighted by Gasteiger charge is -2.30. The highest BCUT2D eigenvalue weighted by Crippen LogP contribution is 2.50. The number of benzene rings is 7. The summed E-state index contributed by atoms with van der Waals surface area (Å²) in [6.45, 7) is 25.7. The van der Waals surface area contributed by atoms with Crippen LogP contribution in [0.1, 0.15) is 211 Å². The Morgan fingerprint density at radius 1 is 0.384 bits per heavy atom. The van der Waals surface area contributed by atoms with Gasteiger partial charge in [-0.2, -0.15) is 0 Å². The second-order valence-corrected chi connectivity index (χ2v) is 22.3. The standard InChI is InChI=1S/C71H88N2/c1-12-19-20-21-22-23-24-65-68-49-56(31-47-66(68)67-48-34-58(50-69(65)67)71(11,17-6)18-7)55-29-39-61(40-30-55)72(59-35-25-53(26-36-59)51(8)13-2)63-43-45-64(46-44-63)73(60-37-27-54(28-38-60)52(9)14-3)62-41-32-57(33-42-62)70(10,15-4)16-5/h25-52,65H,12-24H2,1-11H3. The van der Waals surface area contributed by atoms with Crippen LogP contribution in [0.5, 0.6) is 0 Å². The highest BCUT2D eigenvalue weighted by atomic mass is 15.2. The lowest BCUT2D eigenvalue weighted by molar-refractivity contribution is 0.438. The van der Waals surface area contributed by atoms with Gasteiger partial charge in [-0.15, -0.1) is 0 Å². The van der Waals surface area contributed by atoms with Crippen LogP contribution in [0.2, 0.25) is 0 Å². The quantitative estimate of drug-likeness (QED) is 0.0557. The number of hydrogen-bond acceptors (Lipinski definition) is 2.